The minimum absolute atomic E-state index is 0.0649. The van der Waals surface area contributed by atoms with Gasteiger partial charge in [-0.3, -0.25) is 14.9 Å². The Bertz CT molecular complexity index is 1280. The minimum atomic E-state index is -4.28. The third-order valence-corrected chi connectivity index (χ3v) is 6.97. The monoisotopic (exact) mass is 464 g/mol. The zero-order valence-corrected chi connectivity index (χ0v) is 17.8. The number of hydrogen-bond acceptors (Lipinski definition) is 5. The van der Waals surface area contributed by atoms with E-state index >= 15 is 0 Å². The van der Waals surface area contributed by atoms with E-state index in [0.29, 0.717) is 10.7 Å². The molecule has 3 aromatic carbocycles. The third kappa shape index (κ3) is 4.30. The first-order valence-electron chi connectivity index (χ1n) is 8.47. The highest BCUT2D eigenvalue weighted by atomic mass is 35.5. The number of halogens is 2. The molecule has 1 N–H and O–H groups in total. The lowest BCUT2D eigenvalue weighted by atomic mass is 10.1. The molecule has 0 heterocycles. The van der Waals surface area contributed by atoms with Crippen molar-refractivity contribution in [3.8, 4) is 0 Å². The Morgan fingerprint density at radius 3 is 2.30 bits per heavy atom. The summed E-state index contributed by atoms with van der Waals surface area (Å²) in [6, 6.07) is 13.6. The molecule has 0 atom stereocenters. The zero-order valence-electron chi connectivity index (χ0n) is 15.4. The summed E-state index contributed by atoms with van der Waals surface area (Å²) in [5.41, 5.74) is 0.395. The Morgan fingerprint density at radius 1 is 0.967 bits per heavy atom. The first-order valence-corrected chi connectivity index (χ1v) is 10.7. The number of nitrogens with one attached hydrogen (secondary N) is 1. The Labute approximate surface area is 182 Å². The number of carbonyl (C=O) groups is 1. The number of amides is 1. The first kappa shape index (κ1) is 21.8. The van der Waals surface area contributed by atoms with Gasteiger partial charge in [-0.1, -0.05) is 41.4 Å². The molecule has 0 fully saturated rings. The summed E-state index contributed by atoms with van der Waals surface area (Å²) in [5, 5.41) is 14.5. The molecule has 30 heavy (non-hydrogen) atoms. The number of nitro benzene ring substituents is 1. The molecule has 0 aromatic heterocycles. The molecule has 0 saturated heterocycles. The largest absolute Gasteiger partial charge is 0.322 e. The van der Waals surface area contributed by atoms with Crippen molar-refractivity contribution in [2.75, 3.05) is 5.32 Å². The lowest BCUT2D eigenvalue weighted by Gasteiger charge is -2.10. The van der Waals surface area contributed by atoms with E-state index in [1.807, 2.05) is 0 Å². The molecule has 0 aliphatic rings. The topological polar surface area (TPSA) is 106 Å². The van der Waals surface area contributed by atoms with Crippen molar-refractivity contribution in [3.63, 3.8) is 0 Å². The Kier molecular flexibility index (Phi) is 6.12. The normalized spacial score (nSPS) is 11.2. The summed E-state index contributed by atoms with van der Waals surface area (Å²) in [7, 11) is -4.28. The highest BCUT2D eigenvalue weighted by Crippen LogP contribution is 2.33. The lowest BCUT2D eigenvalue weighted by molar-refractivity contribution is -0.387. The zero-order chi connectivity index (χ0) is 22.1. The molecular formula is C20H14Cl2N2O5S. The van der Waals surface area contributed by atoms with Crippen LogP contribution in [0.3, 0.4) is 0 Å². The Balaban J connectivity index is 2.01. The molecule has 10 heteroatoms. The predicted molar refractivity (Wildman–Crippen MR) is 114 cm³/mol. The maximum atomic E-state index is 12.9. The molecule has 0 aliphatic carbocycles. The van der Waals surface area contributed by atoms with Crippen LogP contribution in [-0.4, -0.2) is 19.2 Å². The molecule has 0 unspecified atom stereocenters. The van der Waals surface area contributed by atoms with Crippen LogP contribution in [0.5, 0.6) is 0 Å². The summed E-state index contributed by atoms with van der Waals surface area (Å²) in [6.45, 7) is 1.80. The van der Waals surface area contributed by atoms with Gasteiger partial charge in [-0.05, 0) is 48.9 Å². The number of sulfone groups is 1. The van der Waals surface area contributed by atoms with Crippen LogP contribution in [0.2, 0.25) is 10.0 Å². The maximum absolute atomic E-state index is 12.9. The van der Waals surface area contributed by atoms with E-state index in [0.717, 1.165) is 17.7 Å². The van der Waals surface area contributed by atoms with Crippen LogP contribution in [0.4, 0.5) is 11.4 Å². The summed E-state index contributed by atoms with van der Waals surface area (Å²) < 4.78 is 25.8. The second-order valence-electron chi connectivity index (χ2n) is 6.29. The molecular weight excluding hydrogens is 451 g/mol. The van der Waals surface area contributed by atoms with Crippen LogP contribution in [-0.2, 0) is 9.84 Å². The van der Waals surface area contributed by atoms with Gasteiger partial charge < -0.3 is 5.32 Å². The van der Waals surface area contributed by atoms with E-state index in [2.05, 4.69) is 5.32 Å². The molecule has 1 amide bonds. The highest BCUT2D eigenvalue weighted by molar-refractivity contribution is 7.91. The van der Waals surface area contributed by atoms with Gasteiger partial charge in [0.05, 0.1) is 14.8 Å². The van der Waals surface area contributed by atoms with Gasteiger partial charge in [0.2, 0.25) is 9.84 Å². The smallest absolute Gasteiger partial charge is 0.289 e. The van der Waals surface area contributed by atoms with Crippen LogP contribution < -0.4 is 5.32 Å². The fourth-order valence-corrected chi connectivity index (χ4v) is 4.78. The number of carbonyl (C=O) groups excluding carboxylic acids is 1. The van der Waals surface area contributed by atoms with Crippen molar-refractivity contribution in [2.45, 2.75) is 16.7 Å². The van der Waals surface area contributed by atoms with Crippen molar-refractivity contribution < 1.29 is 18.1 Å². The second kappa shape index (κ2) is 8.43. The van der Waals surface area contributed by atoms with Crippen LogP contribution in [0.15, 0.2) is 70.5 Å². The summed E-state index contributed by atoms with van der Waals surface area (Å²) >= 11 is 12.0. The van der Waals surface area contributed by atoms with Crippen molar-refractivity contribution >= 4 is 50.3 Å². The van der Waals surface area contributed by atoms with Crippen LogP contribution in [0.1, 0.15) is 15.9 Å². The van der Waals surface area contributed by atoms with Crippen molar-refractivity contribution in [1.29, 1.82) is 0 Å². The SMILES string of the molecule is Cc1ccc(NC(=O)c2ccc(S(=O)(=O)c3ccccc3Cl)c([N+](=O)[O-])c2)cc1Cl. The number of benzene rings is 3. The third-order valence-electron chi connectivity index (χ3n) is 4.26. The van der Waals surface area contributed by atoms with Gasteiger partial charge in [-0.25, -0.2) is 8.42 Å². The van der Waals surface area contributed by atoms with Gasteiger partial charge in [0.25, 0.3) is 11.6 Å². The van der Waals surface area contributed by atoms with Gasteiger partial charge in [-0.15, -0.1) is 0 Å². The molecule has 3 rings (SSSR count). The van der Waals surface area contributed by atoms with E-state index in [9.17, 15) is 23.3 Å². The molecule has 0 radical (unpaired) electrons. The number of anilines is 1. The predicted octanol–water partition coefficient (Wildman–Crippen LogP) is 5.30. The van der Waals surface area contributed by atoms with E-state index in [-0.39, 0.29) is 15.5 Å². The molecule has 0 aliphatic heterocycles. The maximum Gasteiger partial charge on any atom is 0.289 e. The fourth-order valence-electron chi connectivity index (χ4n) is 2.68. The van der Waals surface area contributed by atoms with Gasteiger partial charge in [0.1, 0.15) is 4.90 Å². The van der Waals surface area contributed by atoms with Gasteiger partial charge in [0, 0.05) is 22.3 Å². The number of hydrogen-bond donors (Lipinski definition) is 1. The Hall–Kier alpha value is -2.94. The minimum Gasteiger partial charge on any atom is -0.322 e. The van der Waals surface area contributed by atoms with Crippen molar-refractivity contribution in [3.05, 3.63) is 92.0 Å². The van der Waals surface area contributed by atoms with E-state index < -0.39 is 31.3 Å². The lowest BCUT2D eigenvalue weighted by Crippen LogP contribution is -2.13. The second-order valence-corrected chi connectivity index (χ2v) is 8.99. The number of rotatable bonds is 5. The standard InChI is InChI=1S/C20H14Cl2N2O5S/c1-12-6-8-14(11-16(12)22)23-20(25)13-7-9-19(17(10-13)24(26)27)30(28,29)18-5-3-2-4-15(18)21/h2-11H,1H3,(H,23,25). The van der Waals surface area contributed by atoms with Crippen LogP contribution in [0.25, 0.3) is 0 Å². The quantitative estimate of drug-likeness (QED) is 0.407. The highest BCUT2D eigenvalue weighted by Gasteiger charge is 2.30. The van der Waals surface area contributed by atoms with Gasteiger partial charge in [-0.2, -0.15) is 0 Å². The molecule has 7 nitrogen and oxygen atoms in total. The summed E-state index contributed by atoms with van der Waals surface area (Å²) in [5.74, 6) is -0.653. The van der Waals surface area contributed by atoms with Crippen LogP contribution >= 0.6 is 23.2 Å². The average Bonchev–Trinajstić information content (AvgIpc) is 2.70. The van der Waals surface area contributed by atoms with E-state index in [4.69, 9.17) is 23.2 Å². The molecule has 154 valence electrons. The van der Waals surface area contributed by atoms with Gasteiger partial charge in [0.15, 0.2) is 0 Å². The van der Waals surface area contributed by atoms with Crippen molar-refractivity contribution in [1.82, 2.24) is 0 Å². The van der Waals surface area contributed by atoms with Crippen molar-refractivity contribution in [2.24, 2.45) is 0 Å². The Morgan fingerprint density at radius 2 is 1.67 bits per heavy atom. The molecule has 3 aromatic rings. The molecule has 0 spiro atoms. The number of nitrogens with zero attached hydrogens (tertiary/aromatic N) is 1. The summed E-state index contributed by atoms with van der Waals surface area (Å²) in [4.78, 5) is 22.4. The number of nitro groups is 1. The first-order chi connectivity index (χ1) is 14.1. The van der Waals surface area contributed by atoms with Gasteiger partial charge >= 0.3 is 0 Å². The molecule has 0 saturated carbocycles. The number of aryl methyl sites for hydroxylation is 1. The fraction of sp³-hybridized carbons (Fsp3) is 0.0500. The molecule has 0 bridgehead atoms. The summed E-state index contributed by atoms with van der Waals surface area (Å²) in [6.07, 6.45) is 0. The van der Waals surface area contributed by atoms with E-state index in [1.54, 1.807) is 31.2 Å². The van der Waals surface area contributed by atoms with Crippen LogP contribution in [0, 0.1) is 17.0 Å². The average molecular weight is 465 g/mol. The van der Waals surface area contributed by atoms with E-state index in [1.165, 1.54) is 24.3 Å².